The van der Waals surface area contributed by atoms with Crippen molar-refractivity contribution < 1.29 is 128 Å². The SMILES string of the molecule is O=C(O)CCOCC(COCCC(=O)NCCOCC(O)[C@@H](O)[C@H](O)C(I)CO)(COCCC(=O)NCCO[C@H]1OC(CO)[C@@H](O)C(O)C1O)COCCC(=O)NCCO[C@H]1OC(CO)[C@@H](O)[C@H](O)C1O. The average molecular weight is 1150 g/mol. The third kappa shape index (κ3) is 24.3. The highest BCUT2D eigenvalue weighted by atomic mass is 127. The van der Waals surface area contributed by atoms with E-state index in [2.05, 4.69) is 16.0 Å². The second-order valence-corrected chi connectivity index (χ2v) is 18.2. The minimum atomic E-state index is -1.65. The van der Waals surface area contributed by atoms with E-state index in [9.17, 15) is 80.5 Å². The van der Waals surface area contributed by atoms with E-state index in [0.717, 1.165) is 0 Å². The van der Waals surface area contributed by atoms with Crippen LogP contribution in [0.1, 0.15) is 25.7 Å². The summed E-state index contributed by atoms with van der Waals surface area (Å²) in [5.41, 5.74) is -1.21. The fraction of sp³-hybridized carbons (Fsp3) is 0.902. The molecule has 0 aromatic carbocycles. The second-order valence-electron chi connectivity index (χ2n) is 16.6. The summed E-state index contributed by atoms with van der Waals surface area (Å²) in [5, 5.41) is 135. The lowest BCUT2D eigenvalue weighted by Crippen LogP contribution is -2.59. The van der Waals surface area contributed by atoms with E-state index >= 15 is 0 Å². The van der Waals surface area contributed by atoms with Crippen molar-refractivity contribution in [2.75, 3.05) is 119 Å². The molecule has 2 heterocycles. The summed E-state index contributed by atoms with van der Waals surface area (Å²) in [6, 6.07) is 0. The molecule has 0 aromatic heterocycles. The van der Waals surface area contributed by atoms with Gasteiger partial charge in [0, 0.05) is 38.9 Å². The van der Waals surface area contributed by atoms with Crippen LogP contribution in [-0.4, -0.2) is 292 Å². The molecule has 0 saturated carbocycles. The normalized spacial score (nSPS) is 27.2. The van der Waals surface area contributed by atoms with Crippen molar-refractivity contribution in [2.45, 2.75) is 109 Å². The molecule has 0 aromatic rings. The van der Waals surface area contributed by atoms with Crippen molar-refractivity contribution in [3.8, 4) is 0 Å². The molecular weight excluding hydrogens is 1080 g/mol. The van der Waals surface area contributed by atoms with Crippen molar-refractivity contribution >= 4 is 46.3 Å². The molecule has 3 amide bonds. The molecule has 2 aliphatic rings. The zero-order chi connectivity index (χ0) is 52.9. The number of aliphatic carboxylic acids is 1. The fourth-order valence-electron chi connectivity index (χ4n) is 6.58. The number of aliphatic hydroxyl groups excluding tert-OH is 12. The van der Waals surface area contributed by atoms with Crippen LogP contribution >= 0.6 is 22.6 Å². The van der Waals surface area contributed by atoms with Gasteiger partial charge in [0.1, 0.15) is 61.0 Å². The Kier molecular flexibility index (Phi) is 32.8. The molecule has 0 spiro atoms. The Labute approximate surface area is 422 Å². The summed E-state index contributed by atoms with van der Waals surface area (Å²) in [6.45, 7) is -4.14. The van der Waals surface area contributed by atoms with E-state index in [1.807, 2.05) is 0 Å². The van der Waals surface area contributed by atoms with Crippen LogP contribution in [-0.2, 0) is 61.8 Å². The van der Waals surface area contributed by atoms with Crippen molar-refractivity contribution in [3.63, 3.8) is 0 Å². The zero-order valence-corrected chi connectivity index (χ0v) is 41.3. The first kappa shape index (κ1) is 64.9. The van der Waals surface area contributed by atoms with Gasteiger partial charge in [0.2, 0.25) is 17.7 Å². The molecule has 2 fully saturated rings. The summed E-state index contributed by atoms with van der Waals surface area (Å²) in [7, 11) is 0. The quantitative estimate of drug-likeness (QED) is 0.0154. The van der Waals surface area contributed by atoms with E-state index in [1.54, 1.807) is 22.6 Å². The third-order valence-corrected chi connectivity index (χ3v) is 11.9. The maximum Gasteiger partial charge on any atom is 0.305 e. The Hall–Kier alpha value is -2.23. The van der Waals surface area contributed by atoms with E-state index in [-0.39, 0.29) is 125 Å². The molecule has 29 nitrogen and oxygen atoms in total. The number of hydrogen-bond acceptors (Lipinski definition) is 25. The van der Waals surface area contributed by atoms with E-state index in [0.29, 0.717) is 0 Å². The predicted molar refractivity (Wildman–Crippen MR) is 244 cm³/mol. The Morgan fingerprint density at radius 2 is 0.901 bits per heavy atom. The Morgan fingerprint density at radius 1 is 0.521 bits per heavy atom. The minimum absolute atomic E-state index is 0.0104. The van der Waals surface area contributed by atoms with Crippen LogP contribution < -0.4 is 16.0 Å². The zero-order valence-electron chi connectivity index (χ0n) is 39.1. The first-order chi connectivity index (χ1) is 33.8. The largest absolute Gasteiger partial charge is 0.481 e. The highest BCUT2D eigenvalue weighted by Gasteiger charge is 2.45. The lowest BCUT2D eigenvalue weighted by atomic mass is 9.92. The van der Waals surface area contributed by atoms with E-state index in [1.165, 1.54) is 0 Å². The number of aliphatic hydroxyl groups is 12. The van der Waals surface area contributed by atoms with Gasteiger partial charge in [0.15, 0.2) is 12.6 Å². The summed E-state index contributed by atoms with van der Waals surface area (Å²) in [4.78, 5) is 49.1. The second kappa shape index (κ2) is 35.9. The smallest absolute Gasteiger partial charge is 0.305 e. The van der Waals surface area contributed by atoms with E-state index < -0.39 is 133 Å². The molecule has 71 heavy (non-hydrogen) atoms. The maximum absolute atomic E-state index is 12.6. The number of nitrogens with one attached hydrogen (secondary N) is 3. The summed E-state index contributed by atoms with van der Waals surface area (Å²) >= 11 is 1.72. The van der Waals surface area contributed by atoms with Crippen LogP contribution in [0.3, 0.4) is 0 Å². The molecule has 2 rings (SSSR count). The van der Waals surface area contributed by atoms with Crippen molar-refractivity contribution in [2.24, 2.45) is 5.41 Å². The molecule has 0 bridgehead atoms. The van der Waals surface area contributed by atoms with Gasteiger partial charge in [-0.2, -0.15) is 0 Å². The van der Waals surface area contributed by atoms with Crippen LogP contribution in [0.5, 0.6) is 0 Å². The molecule has 2 saturated heterocycles. The fourth-order valence-corrected chi connectivity index (χ4v) is 7.01. The van der Waals surface area contributed by atoms with Gasteiger partial charge in [-0.05, 0) is 0 Å². The standard InChI is InChI=1S/C41H74IN3O26/c42-23(15-46)31(55)32(56)24(49)18-63-12-5-43-27(50)1-8-64-19-41(22-67-11-4-30(53)54,20-65-9-2-28(51)44-6-13-68-39-37(61)35(59)33(57)25(16-47)70-39)21-66-10-3-29(52)45-7-14-69-40-38(62)36(60)34(58)26(17-48)71-40/h23-26,31-40,46-49,55-62H,1-22H2,(H,43,50)(H,44,51)(H,45,52)(H,53,54)/t23?,24?,25?,26?,31-,32-,33-,34-,35+,36?,37?,38?,39+,40+,41?/m1/s1. The van der Waals surface area contributed by atoms with Gasteiger partial charge in [-0.3, -0.25) is 19.2 Å². The van der Waals surface area contributed by atoms with Crippen LogP contribution in [0.25, 0.3) is 0 Å². The van der Waals surface area contributed by atoms with Gasteiger partial charge in [0.05, 0.1) is 121 Å². The number of hydrogen-bond donors (Lipinski definition) is 16. The Balaban J connectivity index is 1.95. The number of carbonyl (C=O) groups excluding carboxylic acids is 3. The molecule has 2 aliphatic heterocycles. The Morgan fingerprint density at radius 3 is 1.27 bits per heavy atom. The predicted octanol–water partition coefficient (Wildman–Crippen LogP) is -8.44. The Bertz CT molecular complexity index is 1430. The van der Waals surface area contributed by atoms with Crippen LogP contribution in [0.4, 0.5) is 0 Å². The van der Waals surface area contributed by atoms with Gasteiger partial charge in [0.25, 0.3) is 0 Å². The average Bonchev–Trinajstić information content (AvgIpc) is 3.35. The number of amides is 3. The number of carbonyl (C=O) groups is 4. The number of halogens is 1. The van der Waals surface area contributed by atoms with Gasteiger partial charge < -0.3 is 125 Å². The summed E-state index contributed by atoms with van der Waals surface area (Å²) < 4.78 is 49.1. The van der Waals surface area contributed by atoms with Crippen LogP contribution in [0.2, 0.25) is 0 Å². The molecule has 16 N–H and O–H groups in total. The lowest BCUT2D eigenvalue weighted by Gasteiger charge is -2.39. The molecule has 0 aliphatic carbocycles. The van der Waals surface area contributed by atoms with Gasteiger partial charge in [-0.1, -0.05) is 22.6 Å². The van der Waals surface area contributed by atoms with Gasteiger partial charge in [-0.15, -0.1) is 0 Å². The summed E-state index contributed by atoms with van der Waals surface area (Å²) in [5.74, 6) is -2.56. The topological polar surface area (TPSA) is 450 Å². The first-order valence-electron chi connectivity index (χ1n) is 22.8. The number of carboxylic acid groups (broad SMARTS) is 1. The van der Waals surface area contributed by atoms with Gasteiger partial charge >= 0.3 is 5.97 Å². The molecule has 30 heteroatoms. The first-order valence-corrected chi connectivity index (χ1v) is 24.1. The number of rotatable bonds is 39. The number of carboxylic acids is 1. The lowest BCUT2D eigenvalue weighted by molar-refractivity contribution is -0.300. The minimum Gasteiger partial charge on any atom is -0.481 e. The number of ether oxygens (including phenoxy) is 9. The van der Waals surface area contributed by atoms with Crippen molar-refractivity contribution in [1.82, 2.24) is 16.0 Å². The highest BCUT2D eigenvalue weighted by Crippen LogP contribution is 2.24. The molecule has 416 valence electrons. The molecule has 15 atom stereocenters. The molecule has 0 radical (unpaired) electrons. The van der Waals surface area contributed by atoms with Crippen molar-refractivity contribution in [3.05, 3.63) is 0 Å². The third-order valence-electron chi connectivity index (χ3n) is 10.8. The summed E-state index contributed by atoms with van der Waals surface area (Å²) in [6.07, 6.45) is -20.1. The van der Waals surface area contributed by atoms with Gasteiger partial charge in [-0.25, -0.2) is 0 Å². The highest BCUT2D eigenvalue weighted by molar-refractivity contribution is 14.1. The molecular formula is C41H74IN3O26. The monoisotopic (exact) mass is 1150 g/mol. The van der Waals surface area contributed by atoms with Crippen LogP contribution in [0, 0.1) is 5.41 Å². The molecule has 8 unspecified atom stereocenters. The number of alkyl halides is 1. The maximum atomic E-state index is 12.6. The van der Waals surface area contributed by atoms with Crippen LogP contribution in [0.15, 0.2) is 0 Å². The van der Waals surface area contributed by atoms with Crippen molar-refractivity contribution in [1.29, 1.82) is 0 Å². The van der Waals surface area contributed by atoms with E-state index in [4.69, 9.17) is 47.7 Å².